The zero-order chi connectivity index (χ0) is 14.9. The quantitative estimate of drug-likeness (QED) is 0.596. The van der Waals surface area contributed by atoms with Gasteiger partial charge in [0.1, 0.15) is 0 Å². The highest BCUT2D eigenvalue weighted by Gasteiger charge is 2.20. The second-order valence-electron chi connectivity index (χ2n) is 4.16. The molecule has 0 bridgehead atoms. The number of nitrogens with two attached hydrogens (primary N) is 2. The zero-order valence-corrected chi connectivity index (χ0v) is 12.3. The van der Waals surface area contributed by atoms with Crippen LogP contribution in [0.5, 0.6) is 0 Å². The van der Waals surface area contributed by atoms with Gasteiger partial charge < -0.3 is 16.6 Å². The molecule has 0 fully saturated rings. The molecule has 0 aliphatic rings. The first-order valence-corrected chi connectivity index (χ1v) is 7.02. The molecule has 0 unspecified atom stereocenters. The number of carbonyl (C=O) groups is 1. The standard InChI is InChI=1S/C13H13N3O2S2/c1-7-5-20-6-10(7)16(13(15)19)9-4-2-3-8(11(9)14)12(17)18/h2-6H,14H2,1H3,(H2,15,19)(H,17,18). The molecule has 7 heteroatoms. The minimum absolute atomic E-state index is 0.0247. The van der Waals surface area contributed by atoms with E-state index in [1.807, 2.05) is 17.7 Å². The first-order valence-electron chi connectivity index (χ1n) is 5.67. The molecule has 5 nitrogen and oxygen atoms in total. The first kappa shape index (κ1) is 14.3. The number of benzene rings is 1. The van der Waals surface area contributed by atoms with Gasteiger partial charge in [0, 0.05) is 5.38 Å². The average Bonchev–Trinajstić information content (AvgIpc) is 2.77. The summed E-state index contributed by atoms with van der Waals surface area (Å²) in [6.07, 6.45) is 0. The lowest BCUT2D eigenvalue weighted by atomic mass is 10.1. The number of carboxylic acid groups (broad SMARTS) is 1. The molecule has 0 radical (unpaired) electrons. The number of thiophene rings is 1. The molecule has 0 amide bonds. The number of carboxylic acids is 1. The van der Waals surface area contributed by atoms with Crippen molar-refractivity contribution < 1.29 is 9.90 Å². The Morgan fingerprint density at radius 1 is 1.35 bits per heavy atom. The van der Waals surface area contributed by atoms with E-state index in [9.17, 15) is 4.79 Å². The SMILES string of the molecule is Cc1cscc1N(C(N)=S)c1cccc(C(=O)O)c1N. The number of nitrogens with zero attached hydrogens (tertiary/aromatic N) is 1. The molecule has 1 aromatic heterocycles. The molecule has 0 aliphatic carbocycles. The third-order valence-electron chi connectivity index (χ3n) is 2.84. The second-order valence-corrected chi connectivity index (χ2v) is 5.32. The van der Waals surface area contributed by atoms with Crippen molar-refractivity contribution in [3.8, 4) is 0 Å². The molecular weight excluding hydrogens is 294 g/mol. The number of hydrogen-bond donors (Lipinski definition) is 3. The lowest BCUT2D eigenvalue weighted by molar-refractivity contribution is 0.0698. The predicted molar refractivity (Wildman–Crippen MR) is 85.8 cm³/mol. The molecule has 1 heterocycles. The fourth-order valence-electron chi connectivity index (χ4n) is 1.88. The van der Waals surface area contributed by atoms with Crippen LogP contribution in [0.4, 0.5) is 17.1 Å². The van der Waals surface area contributed by atoms with E-state index in [1.165, 1.54) is 17.4 Å². The van der Waals surface area contributed by atoms with Crippen LogP contribution in [0.25, 0.3) is 0 Å². The van der Waals surface area contributed by atoms with Gasteiger partial charge in [0.2, 0.25) is 0 Å². The van der Waals surface area contributed by atoms with Crippen LogP contribution in [-0.4, -0.2) is 16.2 Å². The number of aromatic carboxylic acids is 1. The van der Waals surface area contributed by atoms with Crippen molar-refractivity contribution in [2.24, 2.45) is 5.73 Å². The Morgan fingerprint density at radius 3 is 2.55 bits per heavy atom. The van der Waals surface area contributed by atoms with Gasteiger partial charge in [-0.25, -0.2) is 4.79 Å². The maximum atomic E-state index is 11.2. The Kier molecular flexibility index (Phi) is 3.91. The van der Waals surface area contributed by atoms with Crippen LogP contribution in [-0.2, 0) is 0 Å². The number of nitrogen functional groups attached to an aromatic ring is 1. The van der Waals surface area contributed by atoms with Gasteiger partial charge in [-0.1, -0.05) is 6.07 Å². The van der Waals surface area contributed by atoms with Crippen LogP contribution >= 0.6 is 23.6 Å². The summed E-state index contributed by atoms with van der Waals surface area (Å²) in [4.78, 5) is 12.7. The maximum absolute atomic E-state index is 11.2. The van der Waals surface area contributed by atoms with Crippen molar-refractivity contribution in [3.63, 3.8) is 0 Å². The summed E-state index contributed by atoms with van der Waals surface area (Å²) in [6, 6.07) is 4.75. The number of aryl methyl sites for hydroxylation is 1. The number of thiocarbonyl (C=S) groups is 1. The first-order chi connectivity index (χ1) is 9.43. The zero-order valence-electron chi connectivity index (χ0n) is 10.7. The van der Waals surface area contributed by atoms with Crippen molar-refractivity contribution in [3.05, 3.63) is 40.1 Å². The molecule has 104 valence electrons. The van der Waals surface area contributed by atoms with Crippen molar-refractivity contribution in [2.75, 3.05) is 10.6 Å². The molecule has 0 atom stereocenters. The lowest BCUT2D eigenvalue weighted by Crippen LogP contribution is -2.32. The number of para-hydroxylation sites is 1. The highest BCUT2D eigenvalue weighted by atomic mass is 32.1. The average molecular weight is 307 g/mol. The van der Waals surface area contributed by atoms with Gasteiger partial charge >= 0.3 is 5.97 Å². The molecular formula is C13H13N3O2S2. The molecule has 20 heavy (non-hydrogen) atoms. The van der Waals surface area contributed by atoms with E-state index in [2.05, 4.69) is 0 Å². The van der Waals surface area contributed by atoms with E-state index in [-0.39, 0.29) is 16.4 Å². The van der Waals surface area contributed by atoms with Gasteiger partial charge in [0.05, 0.1) is 22.6 Å². The van der Waals surface area contributed by atoms with Gasteiger partial charge in [-0.3, -0.25) is 4.90 Å². The highest BCUT2D eigenvalue weighted by Crippen LogP contribution is 2.35. The van der Waals surface area contributed by atoms with Gasteiger partial charge in [-0.15, -0.1) is 11.3 Å². The summed E-state index contributed by atoms with van der Waals surface area (Å²) in [5, 5.41) is 13.1. The maximum Gasteiger partial charge on any atom is 0.337 e. The Hall–Kier alpha value is -2.12. The van der Waals surface area contributed by atoms with E-state index >= 15 is 0 Å². The summed E-state index contributed by atoms with van der Waals surface area (Å²) in [7, 11) is 0. The van der Waals surface area contributed by atoms with Gasteiger partial charge in [-0.05, 0) is 42.2 Å². The number of hydrogen-bond acceptors (Lipinski definition) is 4. The Labute approximate surface area is 125 Å². The molecule has 2 rings (SSSR count). The summed E-state index contributed by atoms with van der Waals surface area (Å²) in [6.45, 7) is 1.92. The van der Waals surface area contributed by atoms with E-state index in [4.69, 9.17) is 28.8 Å². The van der Waals surface area contributed by atoms with Crippen LogP contribution < -0.4 is 16.4 Å². The Bertz CT molecular complexity index is 682. The molecule has 0 saturated carbocycles. The molecule has 0 spiro atoms. The number of rotatable bonds is 3. The van der Waals surface area contributed by atoms with Crippen molar-refractivity contribution in [1.29, 1.82) is 0 Å². The van der Waals surface area contributed by atoms with E-state index < -0.39 is 5.97 Å². The molecule has 1 aromatic carbocycles. The largest absolute Gasteiger partial charge is 0.478 e. The fourth-order valence-corrected chi connectivity index (χ4v) is 2.89. The van der Waals surface area contributed by atoms with E-state index in [0.29, 0.717) is 5.69 Å². The van der Waals surface area contributed by atoms with E-state index in [1.54, 1.807) is 17.0 Å². The Balaban J connectivity index is 2.63. The highest BCUT2D eigenvalue weighted by molar-refractivity contribution is 7.80. The fraction of sp³-hybridized carbons (Fsp3) is 0.0769. The lowest BCUT2D eigenvalue weighted by Gasteiger charge is -2.24. The Morgan fingerprint density at radius 2 is 2.05 bits per heavy atom. The minimum Gasteiger partial charge on any atom is -0.478 e. The third-order valence-corrected chi connectivity index (χ3v) is 3.88. The third kappa shape index (κ3) is 2.45. The van der Waals surface area contributed by atoms with E-state index in [0.717, 1.165) is 11.3 Å². The second kappa shape index (κ2) is 5.48. The van der Waals surface area contributed by atoms with Crippen LogP contribution in [0.15, 0.2) is 29.0 Å². The smallest absolute Gasteiger partial charge is 0.337 e. The van der Waals surface area contributed by atoms with Gasteiger partial charge in [-0.2, -0.15) is 0 Å². The minimum atomic E-state index is -1.09. The molecule has 2 aromatic rings. The predicted octanol–water partition coefficient (Wildman–Crippen LogP) is 2.72. The van der Waals surface area contributed by atoms with Crippen molar-refractivity contribution in [1.82, 2.24) is 0 Å². The van der Waals surface area contributed by atoms with Crippen LogP contribution in [0.2, 0.25) is 0 Å². The van der Waals surface area contributed by atoms with Crippen LogP contribution in [0.1, 0.15) is 15.9 Å². The topological polar surface area (TPSA) is 92.6 Å². The molecule has 5 N–H and O–H groups in total. The molecule has 0 saturated heterocycles. The van der Waals surface area contributed by atoms with Crippen LogP contribution in [0, 0.1) is 6.92 Å². The van der Waals surface area contributed by atoms with Gasteiger partial charge in [0.25, 0.3) is 0 Å². The number of anilines is 3. The van der Waals surface area contributed by atoms with Crippen molar-refractivity contribution in [2.45, 2.75) is 6.92 Å². The summed E-state index contributed by atoms with van der Waals surface area (Å²) < 4.78 is 0. The summed E-state index contributed by atoms with van der Waals surface area (Å²) in [5.41, 5.74) is 14.2. The molecule has 0 aliphatic heterocycles. The summed E-state index contributed by atoms with van der Waals surface area (Å²) >= 11 is 6.59. The summed E-state index contributed by atoms with van der Waals surface area (Å²) in [5.74, 6) is -1.09. The van der Waals surface area contributed by atoms with Crippen LogP contribution in [0.3, 0.4) is 0 Å². The van der Waals surface area contributed by atoms with Gasteiger partial charge in [0.15, 0.2) is 5.11 Å². The van der Waals surface area contributed by atoms with Crippen molar-refractivity contribution >= 4 is 51.7 Å². The monoisotopic (exact) mass is 307 g/mol. The normalized spacial score (nSPS) is 10.2.